The van der Waals surface area contributed by atoms with Gasteiger partial charge in [0.15, 0.2) is 0 Å². The van der Waals surface area contributed by atoms with Crippen molar-refractivity contribution < 1.29 is 66.5 Å². The predicted octanol–water partition coefficient (Wildman–Crippen LogP) is 1.23. The fraction of sp³-hybridized carbons (Fsp3) is 0.259. The Bertz CT molecular complexity index is 1390. The number of rotatable bonds is 13. The Labute approximate surface area is 249 Å². The Kier molecular flexibility index (Phi) is 11.4. The number of carboxylic acids is 1. The molecule has 0 amide bonds. The molecule has 0 radical (unpaired) electrons. The SMILES string of the molecule is O=C([O-])Cn1ncc(CCCCc2ccc(OCc3coc(/C=C/c4ccc(OC(F)(F)F)cc4)n3)cc2)n1.[Na+]. The number of carbonyl (C=O) groups excluding carboxylic acids is 1. The maximum Gasteiger partial charge on any atom is 1.00 e. The third-order valence-corrected chi connectivity index (χ3v) is 5.41. The van der Waals surface area contributed by atoms with Crippen LogP contribution >= 0.6 is 0 Å². The Morgan fingerprint density at radius 2 is 1.68 bits per heavy atom. The smallest absolute Gasteiger partial charge is 0.548 e. The van der Waals surface area contributed by atoms with Crippen molar-refractivity contribution in [3.8, 4) is 11.5 Å². The van der Waals surface area contributed by atoms with Crippen molar-refractivity contribution in [2.75, 3.05) is 0 Å². The van der Waals surface area contributed by atoms with E-state index in [1.807, 2.05) is 24.3 Å². The number of oxazole rings is 1. The topological polar surface area (TPSA) is 115 Å². The third-order valence-electron chi connectivity index (χ3n) is 5.41. The van der Waals surface area contributed by atoms with Crippen molar-refractivity contribution in [2.24, 2.45) is 0 Å². The Hall–Kier alpha value is -3.61. The molecule has 0 aliphatic carbocycles. The number of alkyl halides is 3. The van der Waals surface area contributed by atoms with Crippen LogP contribution in [0, 0.1) is 0 Å². The number of aliphatic carboxylic acids is 1. The van der Waals surface area contributed by atoms with Gasteiger partial charge < -0.3 is 23.8 Å². The molecule has 2 aromatic carbocycles. The number of hydrogen-bond donors (Lipinski definition) is 0. The first-order valence-corrected chi connectivity index (χ1v) is 12.0. The van der Waals surface area contributed by atoms with Gasteiger partial charge in [-0.15, -0.1) is 13.2 Å². The summed E-state index contributed by atoms with van der Waals surface area (Å²) in [6.45, 7) is -0.146. The second-order valence-electron chi connectivity index (χ2n) is 8.51. The molecule has 4 rings (SSSR count). The van der Waals surface area contributed by atoms with Gasteiger partial charge in [0.05, 0.1) is 17.9 Å². The van der Waals surface area contributed by atoms with E-state index in [4.69, 9.17) is 9.15 Å². The number of benzene rings is 2. The predicted molar refractivity (Wildman–Crippen MR) is 131 cm³/mol. The summed E-state index contributed by atoms with van der Waals surface area (Å²) in [4.78, 5) is 16.0. The first kappa shape index (κ1) is 30.9. The molecule has 0 unspecified atom stereocenters. The molecule has 204 valence electrons. The van der Waals surface area contributed by atoms with Crippen LogP contribution in [0.4, 0.5) is 13.2 Å². The van der Waals surface area contributed by atoms with Gasteiger partial charge in [-0.2, -0.15) is 15.0 Å². The van der Waals surface area contributed by atoms with E-state index in [-0.39, 0.29) is 48.5 Å². The van der Waals surface area contributed by atoms with Crippen LogP contribution in [0.15, 0.2) is 65.4 Å². The molecule has 2 heterocycles. The summed E-state index contributed by atoms with van der Waals surface area (Å²) in [5, 5.41) is 18.6. The van der Waals surface area contributed by atoms with Gasteiger partial charge in [-0.25, -0.2) is 4.98 Å². The number of carbonyl (C=O) groups is 1. The minimum absolute atomic E-state index is 0. The maximum atomic E-state index is 12.3. The molecule has 0 spiro atoms. The monoisotopic (exact) mass is 564 g/mol. The number of hydrogen-bond acceptors (Lipinski definition) is 8. The van der Waals surface area contributed by atoms with Gasteiger partial charge >= 0.3 is 35.9 Å². The normalized spacial score (nSPS) is 11.4. The van der Waals surface area contributed by atoms with Crippen LogP contribution in [-0.4, -0.2) is 32.3 Å². The average molecular weight is 564 g/mol. The Morgan fingerprint density at radius 3 is 2.38 bits per heavy atom. The number of aryl methyl sites for hydroxylation is 2. The van der Waals surface area contributed by atoms with Gasteiger partial charge in [-0.3, -0.25) is 0 Å². The van der Waals surface area contributed by atoms with E-state index >= 15 is 0 Å². The minimum atomic E-state index is -4.73. The average Bonchev–Trinajstić information content (AvgIpc) is 3.54. The van der Waals surface area contributed by atoms with E-state index in [1.54, 1.807) is 18.3 Å². The van der Waals surface area contributed by atoms with Gasteiger partial charge in [-0.1, -0.05) is 24.3 Å². The zero-order valence-electron chi connectivity index (χ0n) is 21.6. The van der Waals surface area contributed by atoms with Crippen LogP contribution < -0.4 is 44.1 Å². The second-order valence-corrected chi connectivity index (χ2v) is 8.51. The number of halogens is 3. The summed E-state index contributed by atoms with van der Waals surface area (Å²) in [5.74, 6) is -0.499. The van der Waals surface area contributed by atoms with E-state index in [1.165, 1.54) is 30.5 Å². The molecular formula is C27H24F3N4NaO5. The van der Waals surface area contributed by atoms with E-state index in [0.717, 1.165) is 35.3 Å². The largest absolute Gasteiger partial charge is 1.00 e. The number of unbranched alkanes of at least 4 members (excludes halogenated alkanes) is 1. The molecule has 9 nitrogen and oxygen atoms in total. The van der Waals surface area contributed by atoms with Crippen molar-refractivity contribution in [1.29, 1.82) is 0 Å². The molecule has 2 aromatic heterocycles. The van der Waals surface area contributed by atoms with Crippen LogP contribution in [0.5, 0.6) is 11.5 Å². The molecule has 0 saturated heterocycles. The number of aromatic nitrogens is 4. The van der Waals surface area contributed by atoms with Crippen molar-refractivity contribution in [1.82, 2.24) is 20.0 Å². The van der Waals surface area contributed by atoms with Crippen LogP contribution in [0.25, 0.3) is 12.2 Å². The van der Waals surface area contributed by atoms with Gasteiger partial charge in [0.1, 0.15) is 36.6 Å². The summed E-state index contributed by atoms with van der Waals surface area (Å²) >= 11 is 0. The molecule has 13 heteroatoms. The summed E-state index contributed by atoms with van der Waals surface area (Å²) < 4.78 is 51.8. The zero-order valence-corrected chi connectivity index (χ0v) is 23.6. The van der Waals surface area contributed by atoms with Crippen molar-refractivity contribution >= 4 is 18.1 Å². The number of nitrogens with zero attached hydrogens (tertiary/aromatic N) is 4. The molecule has 0 fully saturated rings. The molecule has 4 aromatic rings. The fourth-order valence-electron chi connectivity index (χ4n) is 3.60. The van der Waals surface area contributed by atoms with Gasteiger partial charge in [-0.05, 0) is 67.2 Å². The van der Waals surface area contributed by atoms with E-state index in [9.17, 15) is 23.1 Å². The Balaban J connectivity index is 0.00000441. The van der Waals surface area contributed by atoms with E-state index in [2.05, 4.69) is 19.9 Å². The summed E-state index contributed by atoms with van der Waals surface area (Å²) in [5.41, 5.74) is 3.15. The van der Waals surface area contributed by atoms with E-state index < -0.39 is 12.3 Å². The summed E-state index contributed by atoms with van der Waals surface area (Å²) in [7, 11) is 0. The zero-order chi connectivity index (χ0) is 27.7. The molecule has 0 aliphatic rings. The summed E-state index contributed by atoms with van der Waals surface area (Å²) in [6, 6.07) is 13.2. The van der Waals surface area contributed by atoms with Crippen LogP contribution in [0.1, 0.15) is 41.2 Å². The molecule has 0 saturated carbocycles. The summed E-state index contributed by atoms with van der Waals surface area (Å²) in [6.07, 6.45) is 5.01. The van der Waals surface area contributed by atoms with Crippen molar-refractivity contribution in [2.45, 2.75) is 45.2 Å². The fourth-order valence-corrected chi connectivity index (χ4v) is 3.60. The quantitative estimate of drug-likeness (QED) is 0.176. The first-order chi connectivity index (χ1) is 18.7. The molecule has 0 bridgehead atoms. The van der Waals surface area contributed by atoms with E-state index in [0.29, 0.717) is 29.3 Å². The third kappa shape index (κ3) is 10.5. The number of ether oxygens (including phenoxy) is 2. The maximum absolute atomic E-state index is 12.3. The van der Waals surface area contributed by atoms with Gasteiger partial charge in [0, 0.05) is 6.08 Å². The number of carboxylic acid groups (broad SMARTS) is 1. The first-order valence-electron chi connectivity index (χ1n) is 12.0. The molecule has 0 N–H and O–H groups in total. The minimum Gasteiger partial charge on any atom is -0.548 e. The van der Waals surface area contributed by atoms with Crippen LogP contribution in [0.3, 0.4) is 0 Å². The molecule has 0 atom stereocenters. The molecule has 0 aliphatic heterocycles. The van der Waals surface area contributed by atoms with Crippen LogP contribution in [-0.2, 0) is 30.8 Å². The Morgan fingerprint density at radius 1 is 0.975 bits per heavy atom. The van der Waals surface area contributed by atoms with Crippen molar-refractivity contribution in [3.05, 3.63) is 89.4 Å². The van der Waals surface area contributed by atoms with Crippen molar-refractivity contribution in [3.63, 3.8) is 0 Å². The second kappa shape index (κ2) is 14.7. The van der Waals surface area contributed by atoms with Crippen LogP contribution in [0.2, 0.25) is 0 Å². The standard InChI is InChI=1S/C27H25F3N4O5.Na/c28-27(29,30)39-24-12-7-20(8-13-24)9-14-25-32-22(18-38-25)17-37-23-10-5-19(6-11-23)3-1-2-4-21-15-31-34(33-21)16-26(35)36;/h5-15,18H,1-4,16-17H2,(H,35,36);/q;+1/p-1/b14-9+;. The molecular weight excluding hydrogens is 540 g/mol. The molecule has 40 heavy (non-hydrogen) atoms. The van der Waals surface area contributed by atoms with Gasteiger partial charge in [0.2, 0.25) is 5.89 Å². The van der Waals surface area contributed by atoms with Gasteiger partial charge in [0.25, 0.3) is 0 Å².